The minimum absolute atomic E-state index is 0.547. The zero-order valence-corrected chi connectivity index (χ0v) is 12.4. The maximum Gasteiger partial charge on any atom is 0.151 e. The highest BCUT2D eigenvalue weighted by Crippen LogP contribution is 2.28. The molecule has 0 radical (unpaired) electrons. The molecule has 0 spiro atoms. The number of nitrogens with two attached hydrogens (primary N) is 1. The summed E-state index contributed by atoms with van der Waals surface area (Å²) in [5.74, 6) is 0.551. The molecule has 3 rings (SSSR count). The summed E-state index contributed by atoms with van der Waals surface area (Å²) in [7, 11) is 0. The second-order valence-corrected chi connectivity index (χ2v) is 5.72. The van der Waals surface area contributed by atoms with Crippen LogP contribution in [0.15, 0.2) is 18.2 Å². The summed E-state index contributed by atoms with van der Waals surface area (Å²) < 4.78 is 8.38. The molecule has 1 aliphatic heterocycles. The first kappa shape index (κ1) is 12.3. The van der Waals surface area contributed by atoms with Crippen LogP contribution < -0.4 is 5.73 Å². The Morgan fingerprint density at radius 1 is 1.44 bits per heavy atom. The number of halogens is 2. The topological polar surface area (TPSA) is 53.1 Å². The molecule has 0 amide bonds. The molecule has 0 aliphatic carbocycles. The summed E-state index contributed by atoms with van der Waals surface area (Å²) in [6.45, 7) is 1.26. The van der Waals surface area contributed by atoms with Crippen molar-refractivity contribution in [3.8, 4) is 5.69 Å². The number of hydrogen-bond acceptors (Lipinski definition) is 3. The van der Waals surface area contributed by atoms with Crippen LogP contribution in [0.4, 0.5) is 5.82 Å². The van der Waals surface area contributed by atoms with Crippen molar-refractivity contribution in [2.45, 2.75) is 13.0 Å². The Balaban J connectivity index is 2.17. The second kappa shape index (κ2) is 4.71. The molecule has 0 atom stereocenters. The van der Waals surface area contributed by atoms with Gasteiger partial charge in [0.15, 0.2) is 5.82 Å². The van der Waals surface area contributed by atoms with Gasteiger partial charge in [0.05, 0.1) is 24.6 Å². The highest BCUT2D eigenvalue weighted by atomic mass is 127. The van der Waals surface area contributed by atoms with Crippen LogP contribution in [0, 0.1) is 3.57 Å². The van der Waals surface area contributed by atoms with E-state index in [-0.39, 0.29) is 0 Å². The van der Waals surface area contributed by atoms with Gasteiger partial charge in [-0.3, -0.25) is 0 Å². The summed E-state index contributed by atoms with van der Waals surface area (Å²) >= 11 is 8.23. The molecule has 94 valence electrons. The smallest absolute Gasteiger partial charge is 0.151 e. The summed E-state index contributed by atoms with van der Waals surface area (Å²) in [6, 6.07) is 5.75. The Morgan fingerprint density at radius 2 is 2.28 bits per heavy atom. The average Bonchev–Trinajstić information content (AvgIpc) is 2.68. The lowest BCUT2D eigenvalue weighted by Crippen LogP contribution is -2.13. The number of nitrogen functional groups attached to an aromatic ring is 1. The van der Waals surface area contributed by atoms with Crippen LogP contribution in [0.2, 0.25) is 5.02 Å². The predicted octanol–water partition coefficient (Wildman–Crippen LogP) is 2.79. The number of hydrogen-bond donors (Lipinski definition) is 1. The zero-order chi connectivity index (χ0) is 12.7. The molecule has 0 bridgehead atoms. The maximum absolute atomic E-state index is 5.97. The van der Waals surface area contributed by atoms with E-state index in [1.54, 1.807) is 0 Å². The molecule has 1 aromatic carbocycles. The summed E-state index contributed by atoms with van der Waals surface area (Å²) in [5.41, 5.74) is 9.09. The van der Waals surface area contributed by atoms with E-state index in [1.165, 1.54) is 0 Å². The van der Waals surface area contributed by atoms with Crippen molar-refractivity contribution in [3.63, 3.8) is 0 Å². The van der Waals surface area contributed by atoms with Gasteiger partial charge < -0.3 is 10.5 Å². The monoisotopic (exact) mass is 375 g/mol. The number of benzene rings is 1. The molecule has 1 aliphatic rings. The fourth-order valence-corrected chi connectivity index (χ4v) is 3.21. The summed E-state index contributed by atoms with van der Waals surface area (Å²) in [5, 5.41) is 5.14. The van der Waals surface area contributed by atoms with Crippen molar-refractivity contribution in [2.75, 3.05) is 12.3 Å². The Hall–Kier alpha value is -0.790. The third-order valence-corrected chi connectivity index (χ3v) is 4.09. The molecule has 6 heteroatoms. The fourth-order valence-electron chi connectivity index (χ4n) is 2.11. The van der Waals surface area contributed by atoms with Crippen LogP contribution in [0.1, 0.15) is 11.3 Å². The van der Waals surface area contributed by atoms with Gasteiger partial charge in [-0.15, -0.1) is 0 Å². The zero-order valence-electron chi connectivity index (χ0n) is 9.49. The quantitative estimate of drug-likeness (QED) is 0.780. The number of ether oxygens (including phenoxy) is 1. The average molecular weight is 376 g/mol. The highest BCUT2D eigenvalue weighted by Gasteiger charge is 2.21. The lowest BCUT2D eigenvalue weighted by molar-refractivity contribution is 0.110. The van der Waals surface area contributed by atoms with E-state index in [9.17, 15) is 0 Å². The number of nitrogens with zero attached hydrogens (tertiary/aromatic N) is 2. The van der Waals surface area contributed by atoms with Crippen LogP contribution in [0.5, 0.6) is 0 Å². The predicted molar refractivity (Wildman–Crippen MR) is 79.1 cm³/mol. The van der Waals surface area contributed by atoms with Gasteiger partial charge in [-0.25, -0.2) is 4.68 Å². The second-order valence-electron chi connectivity index (χ2n) is 4.12. The van der Waals surface area contributed by atoms with Crippen molar-refractivity contribution in [1.82, 2.24) is 9.78 Å². The van der Waals surface area contributed by atoms with Crippen molar-refractivity contribution >= 4 is 40.0 Å². The maximum atomic E-state index is 5.97. The van der Waals surface area contributed by atoms with Gasteiger partial charge in [0, 0.05) is 20.6 Å². The van der Waals surface area contributed by atoms with Gasteiger partial charge in [-0.2, -0.15) is 5.10 Å². The molecule has 2 aromatic rings. The molecule has 1 aromatic heterocycles. The van der Waals surface area contributed by atoms with Crippen LogP contribution in [-0.2, 0) is 17.8 Å². The van der Waals surface area contributed by atoms with Crippen LogP contribution in [0.25, 0.3) is 5.69 Å². The van der Waals surface area contributed by atoms with Crippen molar-refractivity contribution in [1.29, 1.82) is 0 Å². The Labute approximate surface area is 123 Å². The van der Waals surface area contributed by atoms with E-state index in [0.29, 0.717) is 19.0 Å². The number of aromatic nitrogens is 2. The van der Waals surface area contributed by atoms with Crippen molar-refractivity contribution < 1.29 is 4.74 Å². The van der Waals surface area contributed by atoms with Gasteiger partial charge in [0.1, 0.15) is 0 Å². The minimum atomic E-state index is 0.547. The fraction of sp³-hybridized carbons (Fsp3) is 0.250. The molecule has 4 nitrogen and oxygen atoms in total. The van der Waals surface area contributed by atoms with Gasteiger partial charge in [0.25, 0.3) is 0 Å². The van der Waals surface area contributed by atoms with Crippen LogP contribution in [0.3, 0.4) is 0 Å². The van der Waals surface area contributed by atoms with E-state index in [1.807, 2.05) is 22.9 Å². The SMILES string of the molecule is Nc1nn(-c2ccc(Cl)cc2I)c2c1COCC2. The third-order valence-electron chi connectivity index (χ3n) is 2.99. The van der Waals surface area contributed by atoms with E-state index < -0.39 is 0 Å². The lowest BCUT2D eigenvalue weighted by Gasteiger charge is -2.15. The highest BCUT2D eigenvalue weighted by molar-refractivity contribution is 14.1. The molecular formula is C12H11ClIN3O. The first-order chi connectivity index (χ1) is 8.66. The largest absolute Gasteiger partial charge is 0.382 e. The molecule has 0 saturated carbocycles. The standard InChI is InChI=1S/C12H11ClIN3O/c13-7-1-2-11(9(14)5-7)17-10-3-4-18-6-8(10)12(15)16-17/h1-2,5H,3-4,6H2,(H2,15,16). The number of rotatable bonds is 1. The Bertz CT molecular complexity index is 612. The molecule has 0 saturated heterocycles. The van der Waals surface area contributed by atoms with Gasteiger partial charge in [-0.05, 0) is 40.8 Å². The molecule has 18 heavy (non-hydrogen) atoms. The van der Waals surface area contributed by atoms with Gasteiger partial charge >= 0.3 is 0 Å². The Kier molecular flexibility index (Phi) is 3.21. The van der Waals surface area contributed by atoms with Crippen LogP contribution in [-0.4, -0.2) is 16.4 Å². The van der Waals surface area contributed by atoms with E-state index in [4.69, 9.17) is 22.1 Å². The summed E-state index contributed by atoms with van der Waals surface area (Å²) in [4.78, 5) is 0. The first-order valence-electron chi connectivity index (χ1n) is 5.56. The normalized spacial score (nSPS) is 14.6. The van der Waals surface area contributed by atoms with E-state index in [0.717, 1.165) is 32.0 Å². The van der Waals surface area contributed by atoms with Crippen molar-refractivity contribution in [2.24, 2.45) is 0 Å². The van der Waals surface area contributed by atoms with Crippen LogP contribution >= 0.6 is 34.2 Å². The molecule has 2 heterocycles. The first-order valence-corrected chi connectivity index (χ1v) is 7.02. The third kappa shape index (κ3) is 2.00. The molecule has 2 N–H and O–H groups in total. The number of fused-ring (bicyclic) bond motifs is 1. The Morgan fingerprint density at radius 3 is 3.06 bits per heavy atom. The minimum Gasteiger partial charge on any atom is -0.382 e. The van der Waals surface area contributed by atoms with E-state index in [2.05, 4.69) is 27.7 Å². The van der Waals surface area contributed by atoms with E-state index >= 15 is 0 Å². The summed E-state index contributed by atoms with van der Waals surface area (Å²) in [6.07, 6.45) is 0.832. The molecular weight excluding hydrogens is 365 g/mol. The lowest BCUT2D eigenvalue weighted by atomic mass is 10.1. The van der Waals surface area contributed by atoms with Gasteiger partial charge in [-0.1, -0.05) is 11.6 Å². The molecule has 0 unspecified atom stereocenters. The molecule has 0 fully saturated rings. The number of anilines is 1. The van der Waals surface area contributed by atoms with Gasteiger partial charge in [0.2, 0.25) is 0 Å². The van der Waals surface area contributed by atoms with Crippen molar-refractivity contribution in [3.05, 3.63) is 38.0 Å².